The summed E-state index contributed by atoms with van der Waals surface area (Å²) in [7, 11) is 0. The summed E-state index contributed by atoms with van der Waals surface area (Å²) < 4.78 is 29.0. The summed E-state index contributed by atoms with van der Waals surface area (Å²) >= 11 is 0. The average molecular weight is 463 g/mol. The van der Waals surface area contributed by atoms with Crippen LogP contribution in [0.4, 0.5) is 14.5 Å². The van der Waals surface area contributed by atoms with Crippen LogP contribution in [0.3, 0.4) is 0 Å². The summed E-state index contributed by atoms with van der Waals surface area (Å²) in [5.74, 6) is -0.667. The lowest BCUT2D eigenvalue weighted by molar-refractivity contribution is 0.112. The molecule has 1 unspecified atom stereocenters. The maximum atomic E-state index is 14.5. The molecule has 0 amide bonds. The van der Waals surface area contributed by atoms with Crippen LogP contribution in [0, 0.1) is 23.0 Å². The number of rotatable bonds is 3. The number of aromatic nitrogens is 3. The average Bonchev–Trinajstić information content (AvgIpc) is 3.20. The number of anilines is 1. The van der Waals surface area contributed by atoms with Gasteiger partial charge in [-0.1, -0.05) is 19.9 Å². The standard InChI is InChI=1S/C27H28F2N4O/c1-26(2)18-10-11-27(26,16-6-5-13-33(15-16)22-9-4-12-30-25(22)34)24-17(18)14-21(31-32-24)23-19(28)7-3-8-20(23)29/h3-4,7-9,12,14,16,18H,5-6,10-11,13,15H2,1-2H3,(H,30,34)/t16-,18-,27?/m0/s1. The number of hydrogen-bond acceptors (Lipinski definition) is 4. The molecule has 1 saturated heterocycles. The third-order valence-electron chi connectivity index (χ3n) is 8.94. The molecule has 1 saturated carbocycles. The predicted octanol–water partition coefficient (Wildman–Crippen LogP) is 5.18. The summed E-state index contributed by atoms with van der Waals surface area (Å²) in [4.78, 5) is 17.5. The van der Waals surface area contributed by atoms with Crippen LogP contribution in [0.15, 0.2) is 47.4 Å². The molecule has 3 aliphatic rings. The number of hydrogen-bond donors (Lipinski definition) is 1. The van der Waals surface area contributed by atoms with E-state index in [1.165, 1.54) is 18.2 Å². The summed E-state index contributed by atoms with van der Waals surface area (Å²) in [6.07, 6.45) is 5.76. The van der Waals surface area contributed by atoms with Gasteiger partial charge < -0.3 is 9.88 Å². The molecule has 3 atom stereocenters. The number of H-pyrrole nitrogens is 1. The zero-order valence-electron chi connectivity index (χ0n) is 19.4. The highest BCUT2D eigenvalue weighted by molar-refractivity contribution is 5.63. The molecule has 2 aromatic heterocycles. The molecule has 176 valence electrons. The molecule has 2 fully saturated rings. The first-order valence-electron chi connectivity index (χ1n) is 12.1. The van der Waals surface area contributed by atoms with Crippen LogP contribution >= 0.6 is 0 Å². The monoisotopic (exact) mass is 462 g/mol. The number of halogens is 2. The van der Waals surface area contributed by atoms with Crippen LogP contribution < -0.4 is 10.5 Å². The van der Waals surface area contributed by atoms with Crippen molar-refractivity contribution >= 4 is 5.69 Å². The van der Waals surface area contributed by atoms with Crippen LogP contribution in [-0.4, -0.2) is 28.3 Å². The van der Waals surface area contributed by atoms with Crippen molar-refractivity contribution in [2.45, 2.75) is 50.9 Å². The summed E-state index contributed by atoms with van der Waals surface area (Å²) in [5.41, 5.74) is 2.63. The Bertz CT molecular complexity index is 1320. The van der Waals surface area contributed by atoms with Gasteiger partial charge in [-0.2, -0.15) is 10.2 Å². The van der Waals surface area contributed by atoms with E-state index in [2.05, 4.69) is 33.9 Å². The van der Waals surface area contributed by atoms with Gasteiger partial charge in [0.2, 0.25) is 0 Å². The minimum atomic E-state index is -0.623. The lowest BCUT2D eigenvalue weighted by Gasteiger charge is -2.48. The molecule has 6 rings (SSSR count). The summed E-state index contributed by atoms with van der Waals surface area (Å²) in [5, 5.41) is 9.05. The summed E-state index contributed by atoms with van der Waals surface area (Å²) in [6.45, 7) is 6.26. The number of nitrogens with zero attached hydrogens (tertiary/aromatic N) is 3. The first-order chi connectivity index (χ1) is 16.3. The van der Waals surface area contributed by atoms with Crippen LogP contribution in [0.1, 0.15) is 56.7 Å². The van der Waals surface area contributed by atoms with E-state index in [0.717, 1.165) is 50.0 Å². The van der Waals surface area contributed by atoms with Gasteiger partial charge in [0.05, 0.1) is 17.0 Å². The smallest absolute Gasteiger partial charge is 0.271 e. The van der Waals surface area contributed by atoms with E-state index in [9.17, 15) is 13.6 Å². The molecular weight excluding hydrogens is 434 g/mol. The van der Waals surface area contributed by atoms with Crippen molar-refractivity contribution in [3.05, 3.63) is 75.8 Å². The number of benzene rings is 1. The quantitative estimate of drug-likeness (QED) is 0.583. The third kappa shape index (κ3) is 2.79. The van der Waals surface area contributed by atoms with Gasteiger partial charge in [0, 0.05) is 24.7 Å². The van der Waals surface area contributed by atoms with Gasteiger partial charge in [0.25, 0.3) is 5.56 Å². The van der Waals surface area contributed by atoms with Gasteiger partial charge in [-0.3, -0.25) is 4.79 Å². The largest absolute Gasteiger partial charge is 0.367 e. The number of fused-ring (bicyclic) bond motifs is 5. The maximum absolute atomic E-state index is 14.5. The molecule has 2 bridgehead atoms. The van der Waals surface area contributed by atoms with Crippen molar-refractivity contribution < 1.29 is 8.78 Å². The second kappa shape index (κ2) is 7.45. The van der Waals surface area contributed by atoms with Crippen molar-refractivity contribution in [2.24, 2.45) is 11.3 Å². The molecule has 0 radical (unpaired) electrons. The Balaban J connectivity index is 1.43. The Morgan fingerprint density at radius 1 is 1.09 bits per heavy atom. The SMILES string of the molecule is CC1(C)[C@H]2CCC1([C@H]1CCCN(c3ccc[nH]c3=O)C1)c1nnc(-c3c(F)cccc3F)cc12. The fourth-order valence-corrected chi connectivity index (χ4v) is 7.40. The molecule has 5 nitrogen and oxygen atoms in total. The van der Waals surface area contributed by atoms with E-state index in [1.807, 2.05) is 18.2 Å². The normalized spacial score (nSPS) is 27.1. The second-order valence-electron chi connectivity index (χ2n) is 10.6. The van der Waals surface area contributed by atoms with E-state index in [0.29, 0.717) is 11.6 Å². The fraction of sp³-hybridized carbons (Fsp3) is 0.444. The van der Waals surface area contributed by atoms with Crippen LogP contribution in [0.2, 0.25) is 0 Å². The molecule has 7 heteroatoms. The minimum absolute atomic E-state index is 0.0623. The first-order valence-corrected chi connectivity index (χ1v) is 12.1. The molecule has 1 N–H and O–H groups in total. The Morgan fingerprint density at radius 3 is 2.65 bits per heavy atom. The highest BCUT2D eigenvalue weighted by atomic mass is 19.1. The van der Waals surface area contributed by atoms with Crippen molar-refractivity contribution in [1.82, 2.24) is 15.2 Å². The van der Waals surface area contributed by atoms with Crippen molar-refractivity contribution in [3.8, 4) is 11.3 Å². The third-order valence-corrected chi connectivity index (χ3v) is 8.94. The zero-order valence-corrected chi connectivity index (χ0v) is 19.4. The van der Waals surface area contributed by atoms with Crippen molar-refractivity contribution in [1.29, 1.82) is 0 Å². The molecule has 0 spiro atoms. The number of piperidine rings is 1. The topological polar surface area (TPSA) is 61.9 Å². The number of nitrogens with one attached hydrogen (secondary N) is 1. The lowest BCUT2D eigenvalue weighted by Crippen LogP contribution is -2.51. The first kappa shape index (κ1) is 21.4. The van der Waals surface area contributed by atoms with E-state index in [-0.39, 0.29) is 33.6 Å². The van der Waals surface area contributed by atoms with Crippen molar-refractivity contribution in [3.63, 3.8) is 0 Å². The van der Waals surface area contributed by atoms with Gasteiger partial charge in [-0.15, -0.1) is 0 Å². The van der Waals surface area contributed by atoms with Gasteiger partial charge in [-0.25, -0.2) is 8.78 Å². The molecule has 34 heavy (non-hydrogen) atoms. The Kier molecular flexibility index (Phi) is 4.70. The second-order valence-corrected chi connectivity index (χ2v) is 10.6. The molecule has 3 heterocycles. The highest BCUT2D eigenvalue weighted by Gasteiger charge is 2.66. The maximum Gasteiger partial charge on any atom is 0.271 e. The van der Waals surface area contributed by atoms with E-state index < -0.39 is 11.6 Å². The van der Waals surface area contributed by atoms with E-state index >= 15 is 0 Å². The highest BCUT2D eigenvalue weighted by Crippen LogP contribution is 2.70. The molecular formula is C27H28F2N4O. The lowest BCUT2D eigenvalue weighted by atomic mass is 9.59. The van der Waals surface area contributed by atoms with Crippen molar-refractivity contribution in [2.75, 3.05) is 18.0 Å². The fourth-order valence-electron chi connectivity index (χ4n) is 7.40. The van der Waals surface area contributed by atoms with Gasteiger partial charge in [-0.05, 0) is 78.8 Å². The van der Waals surface area contributed by atoms with Gasteiger partial charge >= 0.3 is 0 Å². The van der Waals surface area contributed by atoms with E-state index in [4.69, 9.17) is 0 Å². The van der Waals surface area contributed by atoms with Crippen LogP contribution in [0.25, 0.3) is 11.3 Å². The molecule has 3 aromatic rings. The Morgan fingerprint density at radius 2 is 1.88 bits per heavy atom. The molecule has 1 aromatic carbocycles. The number of pyridine rings is 1. The van der Waals surface area contributed by atoms with Crippen LogP contribution in [0.5, 0.6) is 0 Å². The number of aromatic amines is 1. The Labute approximate surface area is 197 Å². The molecule has 1 aliphatic heterocycles. The van der Waals surface area contributed by atoms with Gasteiger partial charge in [0.15, 0.2) is 0 Å². The van der Waals surface area contributed by atoms with E-state index in [1.54, 1.807) is 6.20 Å². The Hall–Kier alpha value is -3.09. The summed E-state index contributed by atoms with van der Waals surface area (Å²) in [6, 6.07) is 9.51. The van der Waals surface area contributed by atoms with Gasteiger partial charge in [0.1, 0.15) is 17.3 Å². The molecule has 2 aliphatic carbocycles. The minimum Gasteiger partial charge on any atom is -0.367 e. The predicted molar refractivity (Wildman–Crippen MR) is 127 cm³/mol. The zero-order chi connectivity index (χ0) is 23.7. The van der Waals surface area contributed by atoms with Crippen LogP contribution in [-0.2, 0) is 5.41 Å².